The first-order valence-corrected chi connectivity index (χ1v) is 8.73. The van der Waals surface area contributed by atoms with E-state index in [2.05, 4.69) is 39.5 Å². The van der Waals surface area contributed by atoms with Gasteiger partial charge in [0.15, 0.2) is 5.96 Å². The van der Waals surface area contributed by atoms with E-state index in [9.17, 15) is 4.39 Å². The van der Waals surface area contributed by atoms with Gasteiger partial charge in [0.1, 0.15) is 17.7 Å². The maximum Gasteiger partial charge on any atom is 0.191 e. The summed E-state index contributed by atoms with van der Waals surface area (Å²) in [6.07, 6.45) is -0.0625. The van der Waals surface area contributed by atoms with Gasteiger partial charge in [0.05, 0.1) is 6.54 Å². The average molecular weight is 479 g/mol. The Labute approximate surface area is 173 Å². The molecule has 1 aliphatic heterocycles. The maximum absolute atomic E-state index is 12.9. The highest BCUT2D eigenvalue weighted by Crippen LogP contribution is 2.12. The summed E-state index contributed by atoms with van der Waals surface area (Å²) in [5.74, 6) is 1.16. The predicted octanol–water partition coefficient (Wildman–Crippen LogP) is 1.62. The first kappa shape index (κ1) is 22.9. The van der Waals surface area contributed by atoms with Gasteiger partial charge >= 0.3 is 0 Å². The van der Waals surface area contributed by atoms with Gasteiger partial charge in [0.2, 0.25) is 0 Å². The molecule has 8 heteroatoms. The number of guanidine groups is 1. The van der Waals surface area contributed by atoms with E-state index in [-0.39, 0.29) is 35.9 Å². The average Bonchev–Trinajstić information content (AvgIpc) is 2.60. The van der Waals surface area contributed by atoms with E-state index < -0.39 is 0 Å². The molecule has 1 saturated heterocycles. The summed E-state index contributed by atoms with van der Waals surface area (Å²) < 4.78 is 18.7. The van der Waals surface area contributed by atoms with Crippen molar-refractivity contribution in [3.8, 4) is 5.75 Å². The highest BCUT2D eigenvalue weighted by atomic mass is 127. The van der Waals surface area contributed by atoms with E-state index in [1.165, 1.54) is 12.1 Å². The zero-order chi connectivity index (χ0) is 18.2. The molecule has 1 aliphatic rings. The van der Waals surface area contributed by atoms with Gasteiger partial charge in [-0.3, -0.25) is 9.89 Å². The Kier molecular flexibility index (Phi) is 10.2. The van der Waals surface area contributed by atoms with Crippen molar-refractivity contribution in [2.45, 2.75) is 19.1 Å². The lowest BCUT2D eigenvalue weighted by molar-refractivity contribution is 0.116. The van der Waals surface area contributed by atoms with Crippen molar-refractivity contribution in [2.75, 3.05) is 53.9 Å². The number of hydrogen-bond donors (Lipinski definition) is 2. The van der Waals surface area contributed by atoms with Crippen LogP contribution in [0.15, 0.2) is 29.3 Å². The normalized spacial score (nSPS) is 20.2. The minimum Gasteiger partial charge on any atom is -0.489 e. The zero-order valence-corrected chi connectivity index (χ0v) is 18.4. The molecule has 0 spiro atoms. The Balaban J connectivity index is 0.00000338. The molecule has 1 aromatic rings. The maximum atomic E-state index is 12.9. The fourth-order valence-corrected chi connectivity index (χ4v) is 2.78. The zero-order valence-electron chi connectivity index (χ0n) is 16.0. The van der Waals surface area contributed by atoms with Gasteiger partial charge < -0.3 is 20.3 Å². The number of nitrogens with zero attached hydrogens (tertiary/aromatic N) is 3. The number of nitrogens with one attached hydrogen (secondary N) is 2. The second kappa shape index (κ2) is 11.6. The van der Waals surface area contributed by atoms with Crippen LogP contribution in [0.25, 0.3) is 0 Å². The third kappa shape index (κ3) is 7.63. The molecule has 148 valence electrons. The Morgan fingerprint density at radius 2 is 1.96 bits per heavy atom. The van der Waals surface area contributed by atoms with Crippen molar-refractivity contribution in [2.24, 2.45) is 4.99 Å². The van der Waals surface area contributed by atoms with Crippen LogP contribution < -0.4 is 15.4 Å². The van der Waals surface area contributed by atoms with Crippen LogP contribution in [0.5, 0.6) is 5.75 Å². The van der Waals surface area contributed by atoms with Crippen LogP contribution in [0.1, 0.15) is 6.92 Å². The van der Waals surface area contributed by atoms with Gasteiger partial charge in [0.25, 0.3) is 0 Å². The molecular formula is C18H31FIN5O. The quantitative estimate of drug-likeness (QED) is 0.369. The fraction of sp³-hybridized carbons (Fsp3) is 0.611. The molecule has 1 fully saturated rings. The topological polar surface area (TPSA) is 52.1 Å². The molecule has 0 aliphatic carbocycles. The molecule has 2 rings (SSSR count). The molecule has 2 unspecified atom stereocenters. The highest BCUT2D eigenvalue weighted by Gasteiger charge is 2.22. The number of likely N-dealkylation sites (N-methyl/N-ethyl adjacent to an activating group) is 2. The van der Waals surface area contributed by atoms with Crippen molar-refractivity contribution in [3.63, 3.8) is 0 Å². The lowest BCUT2D eigenvalue weighted by Crippen LogP contribution is -2.55. The van der Waals surface area contributed by atoms with Crippen molar-refractivity contribution in [1.82, 2.24) is 20.4 Å². The van der Waals surface area contributed by atoms with Gasteiger partial charge in [-0.05, 0) is 45.3 Å². The van der Waals surface area contributed by atoms with E-state index >= 15 is 0 Å². The van der Waals surface area contributed by atoms with Crippen LogP contribution in [0, 0.1) is 5.82 Å². The third-order valence-corrected chi connectivity index (χ3v) is 4.42. The number of rotatable bonds is 6. The summed E-state index contributed by atoms with van der Waals surface area (Å²) in [6, 6.07) is 6.52. The van der Waals surface area contributed by atoms with Gasteiger partial charge in [-0.1, -0.05) is 0 Å². The molecule has 1 aromatic carbocycles. The van der Waals surface area contributed by atoms with Crippen LogP contribution in [0.3, 0.4) is 0 Å². The summed E-state index contributed by atoms with van der Waals surface area (Å²) in [5.41, 5.74) is 0. The summed E-state index contributed by atoms with van der Waals surface area (Å²) in [5, 5.41) is 6.66. The fourth-order valence-electron chi connectivity index (χ4n) is 2.78. The van der Waals surface area contributed by atoms with Crippen LogP contribution in [0.4, 0.5) is 4.39 Å². The van der Waals surface area contributed by atoms with E-state index in [0.717, 1.165) is 32.1 Å². The molecular weight excluding hydrogens is 448 g/mol. The van der Waals surface area contributed by atoms with E-state index in [1.807, 2.05) is 6.92 Å². The first-order valence-electron chi connectivity index (χ1n) is 8.73. The SMILES string of the molecule is CN=C(NCC(C)Oc1ccc(F)cc1)NCC1CN(C)CCN1C.I. The highest BCUT2D eigenvalue weighted by molar-refractivity contribution is 14.0. The molecule has 0 saturated carbocycles. The molecule has 0 bridgehead atoms. The minimum atomic E-state index is -0.263. The number of ether oxygens (including phenoxy) is 1. The number of aliphatic imine (C=N–C) groups is 1. The molecule has 0 radical (unpaired) electrons. The second-order valence-electron chi connectivity index (χ2n) is 6.61. The molecule has 2 atom stereocenters. The smallest absolute Gasteiger partial charge is 0.191 e. The van der Waals surface area contributed by atoms with Crippen LogP contribution >= 0.6 is 24.0 Å². The summed E-state index contributed by atoms with van der Waals surface area (Å²) >= 11 is 0. The Bertz CT molecular complexity index is 557. The van der Waals surface area contributed by atoms with Crippen molar-refractivity contribution in [3.05, 3.63) is 30.1 Å². The Hall–Kier alpha value is -1.13. The number of hydrogen-bond acceptors (Lipinski definition) is 4. The lowest BCUT2D eigenvalue weighted by atomic mass is 10.2. The van der Waals surface area contributed by atoms with Gasteiger partial charge in [-0.15, -0.1) is 24.0 Å². The predicted molar refractivity (Wildman–Crippen MR) is 115 cm³/mol. The van der Waals surface area contributed by atoms with Crippen LogP contribution in [-0.2, 0) is 0 Å². The molecule has 0 amide bonds. The van der Waals surface area contributed by atoms with E-state index in [4.69, 9.17) is 4.74 Å². The lowest BCUT2D eigenvalue weighted by Gasteiger charge is -2.38. The number of piperazine rings is 1. The largest absolute Gasteiger partial charge is 0.489 e. The second-order valence-corrected chi connectivity index (χ2v) is 6.61. The molecule has 26 heavy (non-hydrogen) atoms. The van der Waals surface area contributed by atoms with Crippen molar-refractivity contribution in [1.29, 1.82) is 0 Å². The molecule has 1 heterocycles. The van der Waals surface area contributed by atoms with E-state index in [1.54, 1.807) is 19.2 Å². The molecule has 6 nitrogen and oxygen atoms in total. The minimum absolute atomic E-state index is 0. The number of halogens is 2. The Morgan fingerprint density at radius 1 is 1.27 bits per heavy atom. The summed E-state index contributed by atoms with van der Waals surface area (Å²) in [7, 11) is 6.08. The first-order chi connectivity index (χ1) is 12.0. The van der Waals surface area contributed by atoms with Gasteiger partial charge in [-0.2, -0.15) is 0 Å². The van der Waals surface area contributed by atoms with Crippen molar-refractivity contribution >= 4 is 29.9 Å². The Morgan fingerprint density at radius 3 is 2.62 bits per heavy atom. The van der Waals surface area contributed by atoms with Crippen molar-refractivity contribution < 1.29 is 9.13 Å². The van der Waals surface area contributed by atoms with Gasteiger partial charge in [-0.25, -0.2) is 4.39 Å². The monoisotopic (exact) mass is 479 g/mol. The van der Waals surface area contributed by atoms with Gasteiger partial charge in [0, 0.05) is 39.3 Å². The van der Waals surface area contributed by atoms with Crippen LogP contribution in [0.2, 0.25) is 0 Å². The van der Waals surface area contributed by atoms with E-state index in [0.29, 0.717) is 18.3 Å². The third-order valence-electron chi connectivity index (χ3n) is 4.42. The molecule has 0 aromatic heterocycles. The number of benzene rings is 1. The summed E-state index contributed by atoms with van der Waals surface area (Å²) in [6.45, 7) is 6.65. The van der Waals surface area contributed by atoms with Crippen LogP contribution in [-0.4, -0.2) is 81.8 Å². The summed E-state index contributed by atoms with van der Waals surface area (Å²) in [4.78, 5) is 8.99. The standard InChI is InChI=1S/C18H30FN5O.HI/c1-14(25-17-7-5-15(19)6-8-17)11-21-18(20-2)22-12-16-13-23(3)9-10-24(16)4;/h5-8,14,16H,9-13H2,1-4H3,(H2,20,21,22);1H. The molecule has 2 N–H and O–H groups in total.